The molecule has 2 heterocycles. The van der Waals surface area contributed by atoms with Crippen molar-refractivity contribution in [1.29, 1.82) is 0 Å². The minimum atomic E-state index is -4.61. The molecule has 0 bridgehead atoms. The third-order valence-corrected chi connectivity index (χ3v) is 5.98. The second kappa shape index (κ2) is 11.5. The minimum absolute atomic E-state index is 0.0153. The Balaban J connectivity index is 1.26. The van der Waals surface area contributed by atoms with Crippen LogP contribution in [0, 0.1) is 0 Å². The highest BCUT2D eigenvalue weighted by Crippen LogP contribution is 2.32. The summed E-state index contributed by atoms with van der Waals surface area (Å²) in [6, 6.07) is 15.2. The number of benzene rings is 2. The van der Waals surface area contributed by atoms with E-state index in [4.69, 9.17) is 16.3 Å². The van der Waals surface area contributed by atoms with Gasteiger partial charge in [-0.3, -0.25) is 4.79 Å². The standard InChI is InChI=1S/C25H23ClF3N5O3/c26-18-5-3-4-17(16-18)10-11-30-24(36)37-22-9-8-21(31-32-22)33-12-14-34(15-13-33)23(35)19-6-1-2-7-20(19)25(27,28)29/h1-9,16H,10-15H2,(H,30,36). The Bertz CT molecular complexity index is 1250. The van der Waals surface area contributed by atoms with Crippen molar-refractivity contribution in [3.8, 4) is 5.88 Å². The third-order valence-electron chi connectivity index (χ3n) is 5.75. The normalized spacial score (nSPS) is 13.8. The topological polar surface area (TPSA) is 87.7 Å². The maximum atomic E-state index is 13.3. The number of anilines is 1. The molecule has 1 fully saturated rings. The zero-order valence-electron chi connectivity index (χ0n) is 19.5. The lowest BCUT2D eigenvalue weighted by atomic mass is 10.1. The van der Waals surface area contributed by atoms with Gasteiger partial charge in [0.1, 0.15) is 0 Å². The zero-order chi connectivity index (χ0) is 26.4. The fourth-order valence-corrected chi connectivity index (χ4v) is 4.11. The van der Waals surface area contributed by atoms with Gasteiger partial charge in [-0.15, -0.1) is 10.2 Å². The first kappa shape index (κ1) is 26.2. The van der Waals surface area contributed by atoms with Crippen LogP contribution in [0.1, 0.15) is 21.5 Å². The monoisotopic (exact) mass is 533 g/mol. The van der Waals surface area contributed by atoms with Crippen LogP contribution in [0.4, 0.5) is 23.8 Å². The highest BCUT2D eigenvalue weighted by molar-refractivity contribution is 6.30. The summed E-state index contributed by atoms with van der Waals surface area (Å²) in [5, 5.41) is 11.2. The number of amides is 2. The molecule has 1 aliphatic rings. The molecule has 0 aliphatic carbocycles. The second-order valence-electron chi connectivity index (χ2n) is 8.25. The van der Waals surface area contributed by atoms with Gasteiger partial charge in [-0.2, -0.15) is 13.2 Å². The number of aromatic nitrogens is 2. The number of nitrogens with one attached hydrogen (secondary N) is 1. The lowest BCUT2D eigenvalue weighted by molar-refractivity contribution is -0.138. The summed E-state index contributed by atoms with van der Waals surface area (Å²) in [5.74, 6) is -0.151. The maximum Gasteiger partial charge on any atom is 0.417 e. The van der Waals surface area contributed by atoms with Gasteiger partial charge in [-0.05, 0) is 42.3 Å². The van der Waals surface area contributed by atoms with E-state index in [0.717, 1.165) is 11.6 Å². The van der Waals surface area contributed by atoms with Crippen LogP contribution in [0.25, 0.3) is 0 Å². The first-order valence-corrected chi connectivity index (χ1v) is 11.8. The lowest BCUT2D eigenvalue weighted by Crippen LogP contribution is -2.49. The van der Waals surface area contributed by atoms with Crippen LogP contribution in [0.5, 0.6) is 5.88 Å². The Morgan fingerprint density at radius 2 is 1.73 bits per heavy atom. The predicted octanol–water partition coefficient (Wildman–Crippen LogP) is 4.44. The lowest BCUT2D eigenvalue weighted by Gasteiger charge is -2.35. The zero-order valence-corrected chi connectivity index (χ0v) is 20.3. The van der Waals surface area contributed by atoms with Crippen LogP contribution in [0.2, 0.25) is 5.02 Å². The molecule has 2 aromatic carbocycles. The van der Waals surface area contributed by atoms with Crippen molar-refractivity contribution in [3.63, 3.8) is 0 Å². The molecule has 1 saturated heterocycles. The van der Waals surface area contributed by atoms with Gasteiger partial charge >= 0.3 is 12.3 Å². The number of halogens is 4. The average Bonchev–Trinajstić information content (AvgIpc) is 2.88. The van der Waals surface area contributed by atoms with Crippen molar-refractivity contribution in [2.75, 3.05) is 37.6 Å². The fraction of sp³-hybridized carbons (Fsp3) is 0.280. The van der Waals surface area contributed by atoms with Crippen molar-refractivity contribution < 1.29 is 27.5 Å². The van der Waals surface area contributed by atoms with Crippen LogP contribution in [0.15, 0.2) is 60.7 Å². The van der Waals surface area contributed by atoms with Gasteiger partial charge in [-0.1, -0.05) is 35.9 Å². The van der Waals surface area contributed by atoms with E-state index < -0.39 is 23.7 Å². The van der Waals surface area contributed by atoms with Crippen LogP contribution in [-0.4, -0.2) is 59.8 Å². The molecule has 0 atom stereocenters. The molecule has 0 spiro atoms. The van der Waals surface area contributed by atoms with E-state index in [-0.39, 0.29) is 24.5 Å². The molecule has 37 heavy (non-hydrogen) atoms. The van der Waals surface area contributed by atoms with Crippen LogP contribution < -0.4 is 15.0 Å². The van der Waals surface area contributed by atoms with Crippen molar-refractivity contribution >= 4 is 29.4 Å². The van der Waals surface area contributed by atoms with E-state index >= 15 is 0 Å². The molecular weight excluding hydrogens is 511 g/mol. The van der Waals surface area contributed by atoms with E-state index in [2.05, 4.69) is 15.5 Å². The number of hydrogen-bond donors (Lipinski definition) is 1. The van der Waals surface area contributed by atoms with E-state index in [9.17, 15) is 22.8 Å². The highest BCUT2D eigenvalue weighted by atomic mass is 35.5. The smallest absolute Gasteiger partial charge is 0.390 e. The Morgan fingerprint density at radius 3 is 2.41 bits per heavy atom. The summed E-state index contributed by atoms with van der Waals surface area (Å²) in [6.45, 7) is 1.51. The number of hydrogen-bond acceptors (Lipinski definition) is 6. The number of alkyl halides is 3. The van der Waals surface area contributed by atoms with Gasteiger partial charge in [0.05, 0.1) is 11.1 Å². The molecule has 3 aromatic rings. The molecule has 1 aliphatic heterocycles. The summed E-state index contributed by atoms with van der Waals surface area (Å²) < 4.78 is 45.0. The van der Waals surface area contributed by atoms with Crippen molar-refractivity contribution in [2.45, 2.75) is 12.6 Å². The Kier molecular flexibility index (Phi) is 8.12. The van der Waals surface area contributed by atoms with Crippen molar-refractivity contribution in [3.05, 3.63) is 82.4 Å². The molecule has 4 rings (SSSR count). The van der Waals surface area contributed by atoms with Crippen LogP contribution in [0.3, 0.4) is 0 Å². The average molecular weight is 534 g/mol. The third kappa shape index (κ3) is 6.88. The van der Waals surface area contributed by atoms with E-state index in [0.29, 0.717) is 36.9 Å². The Morgan fingerprint density at radius 1 is 0.973 bits per heavy atom. The van der Waals surface area contributed by atoms with Crippen molar-refractivity contribution in [1.82, 2.24) is 20.4 Å². The van der Waals surface area contributed by atoms with Crippen molar-refractivity contribution in [2.24, 2.45) is 0 Å². The minimum Gasteiger partial charge on any atom is -0.390 e. The highest BCUT2D eigenvalue weighted by Gasteiger charge is 2.36. The SMILES string of the molecule is O=C(NCCc1cccc(Cl)c1)Oc1ccc(N2CCN(C(=O)c3ccccc3C(F)(F)F)CC2)nn1. The van der Waals surface area contributed by atoms with Gasteiger partial charge in [0.25, 0.3) is 5.91 Å². The van der Waals surface area contributed by atoms with E-state index in [1.165, 1.54) is 29.2 Å². The van der Waals surface area contributed by atoms with Gasteiger partial charge in [0.2, 0.25) is 5.88 Å². The molecule has 1 aromatic heterocycles. The number of carbonyl (C=O) groups is 2. The summed E-state index contributed by atoms with van der Waals surface area (Å²) in [6.07, 6.45) is -4.70. The quantitative estimate of drug-likeness (QED) is 0.504. The molecule has 194 valence electrons. The summed E-state index contributed by atoms with van der Waals surface area (Å²) in [4.78, 5) is 28.0. The molecule has 12 heteroatoms. The maximum absolute atomic E-state index is 13.3. The molecule has 2 amide bonds. The Hall–Kier alpha value is -3.86. The van der Waals surface area contributed by atoms with E-state index in [1.54, 1.807) is 12.1 Å². The van der Waals surface area contributed by atoms with Crippen LogP contribution >= 0.6 is 11.6 Å². The molecule has 1 N–H and O–H groups in total. The fourth-order valence-electron chi connectivity index (χ4n) is 3.89. The van der Waals surface area contributed by atoms with Gasteiger partial charge < -0.3 is 19.9 Å². The molecule has 0 unspecified atom stereocenters. The number of ether oxygens (including phenoxy) is 1. The Labute approximate surface area is 216 Å². The molecule has 8 nitrogen and oxygen atoms in total. The molecule has 0 radical (unpaired) electrons. The second-order valence-corrected chi connectivity index (χ2v) is 8.69. The van der Waals surface area contributed by atoms with E-state index in [1.807, 2.05) is 23.1 Å². The number of carbonyl (C=O) groups excluding carboxylic acids is 2. The number of rotatable bonds is 6. The predicted molar refractivity (Wildman–Crippen MR) is 131 cm³/mol. The van der Waals surface area contributed by atoms with Crippen LogP contribution in [-0.2, 0) is 12.6 Å². The summed E-state index contributed by atoms with van der Waals surface area (Å²) >= 11 is 5.94. The molecular formula is C25H23ClF3N5O3. The van der Waals surface area contributed by atoms with Gasteiger partial charge in [-0.25, -0.2) is 4.79 Å². The number of nitrogens with zero attached hydrogens (tertiary/aromatic N) is 4. The first-order chi connectivity index (χ1) is 17.7. The van der Waals surface area contributed by atoms with Gasteiger partial charge in [0, 0.05) is 43.8 Å². The first-order valence-electron chi connectivity index (χ1n) is 11.4. The largest absolute Gasteiger partial charge is 0.417 e. The number of piperazine rings is 1. The van der Waals surface area contributed by atoms with Gasteiger partial charge in [0.15, 0.2) is 5.82 Å². The summed E-state index contributed by atoms with van der Waals surface area (Å²) in [5.41, 5.74) is -0.337. The summed E-state index contributed by atoms with van der Waals surface area (Å²) in [7, 11) is 0. The molecule has 0 saturated carbocycles.